The zero-order valence-corrected chi connectivity index (χ0v) is 17.3. The molecule has 0 aliphatic rings. The van der Waals surface area contributed by atoms with Gasteiger partial charge in [-0.05, 0) is 18.9 Å². The number of nitrogens with zero attached hydrogens (tertiary/aromatic N) is 3. The maximum atomic E-state index is 12.0. The first-order valence-corrected chi connectivity index (χ1v) is 10.3. The van der Waals surface area contributed by atoms with Crippen molar-refractivity contribution in [1.82, 2.24) is 25.4 Å². The molecule has 2 aromatic rings. The molecule has 0 radical (unpaired) electrons. The number of rotatable bonds is 10. The van der Waals surface area contributed by atoms with Gasteiger partial charge >= 0.3 is 12.0 Å². The number of carbonyl (C=O) groups excluding carboxylic acids is 3. The van der Waals surface area contributed by atoms with E-state index in [0.29, 0.717) is 24.1 Å². The number of esters is 1. The summed E-state index contributed by atoms with van der Waals surface area (Å²) in [5.41, 5.74) is 1.00. The summed E-state index contributed by atoms with van der Waals surface area (Å²) in [5, 5.41) is 13.5. The number of amides is 3. The van der Waals surface area contributed by atoms with Gasteiger partial charge < -0.3 is 14.6 Å². The van der Waals surface area contributed by atoms with Crippen LogP contribution in [-0.2, 0) is 27.3 Å². The largest absolute Gasteiger partial charge is 0.466 e. The molecule has 10 heteroatoms. The molecule has 3 amide bonds. The van der Waals surface area contributed by atoms with Crippen LogP contribution in [0.2, 0.25) is 0 Å². The lowest BCUT2D eigenvalue weighted by Crippen LogP contribution is -2.40. The number of hydrogen-bond donors (Lipinski definition) is 2. The topological polar surface area (TPSA) is 115 Å². The highest BCUT2D eigenvalue weighted by atomic mass is 32.2. The lowest BCUT2D eigenvalue weighted by molar-refractivity contribution is -0.142. The molecule has 0 spiro atoms. The number of urea groups is 1. The average molecular weight is 420 g/mol. The SMILES string of the molecule is CCCNC(=O)NC(=O)CSc1nnc(CC(=O)OCC)n1Cc1ccccc1. The standard InChI is InChI=1S/C19H25N5O4S/c1-3-10-20-18(27)21-16(25)13-29-19-23-22-15(11-17(26)28-4-2)24(19)12-14-8-6-5-7-9-14/h5-9H,3-4,10-13H2,1-2H3,(H2,20,21,25,27). The van der Waals surface area contributed by atoms with E-state index in [1.165, 1.54) is 0 Å². The van der Waals surface area contributed by atoms with E-state index in [1.54, 1.807) is 11.5 Å². The number of thioether (sulfide) groups is 1. The van der Waals surface area contributed by atoms with Crippen molar-refractivity contribution in [1.29, 1.82) is 0 Å². The number of benzene rings is 1. The summed E-state index contributed by atoms with van der Waals surface area (Å²) in [6.07, 6.45) is 0.766. The molecule has 156 valence electrons. The number of carbonyl (C=O) groups is 3. The number of ether oxygens (including phenoxy) is 1. The Bertz CT molecular complexity index is 825. The van der Waals surface area contributed by atoms with Crippen LogP contribution in [0.4, 0.5) is 4.79 Å². The van der Waals surface area contributed by atoms with Crippen LogP contribution in [0.5, 0.6) is 0 Å². The molecule has 1 aromatic carbocycles. The lowest BCUT2D eigenvalue weighted by atomic mass is 10.2. The highest BCUT2D eigenvalue weighted by molar-refractivity contribution is 7.99. The summed E-state index contributed by atoms with van der Waals surface area (Å²) >= 11 is 1.15. The minimum absolute atomic E-state index is 0.00806. The Labute approximate surface area is 173 Å². The quantitative estimate of drug-likeness (QED) is 0.445. The van der Waals surface area contributed by atoms with Crippen molar-refractivity contribution in [2.75, 3.05) is 18.9 Å². The Morgan fingerprint density at radius 1 is 1.14 bits per heavy atom. The molecule has 2 N–H and O–H groups in total. The molecule has 0 atom stereocenters. The van der Waals surface area contributed by atoms with Gasteiger partial charge in [-0.3, -0.25) is 14.9 Å². The molecule has 9 nitrogen and oxygen atoms in total. The summed E-state index contributed by atoms with van der Waals surface area (Å²) in [5.74, 6) is -0.386. The van der Waals surface area contributed by atoms with Crippen molar-refractivity contribution in [3.05, 3.63) is 41.7 Å². The molecule has 0 aliphatic heterocycles. The van der Waals surface area contributed by atoms with Crippen molar-refractivity contribution >= 4 is 29.7 Å². The molecule has 0 fully saturated rings. The summed E-state index contributed by atoms with van der Waals surface area (Å²) in [4.78, 5) is 35.5. The van der Waals surface area contributed by atoms with E-state index in [0.717, 1.165) is 23.7 Å². The van der Waals surface area contributed by atoms with E-state index in [2.05, 4.69) is 20.8 Å². The van der Waals surface area contributed by atoms with Crippen LogP contribution < -0.4 is 10.6 Å². The first-order valence-electron chi connectivity index (χ1n) is 9.35. The van der Waals surface area contributed by atoms with E-state index in [4.69, 9.17) is 4.74 Å². The van der Waals surface area contributed by atoms with Crippen LogP contribution in [0.1, 0.15) is 31.7 Å². The van der Waals surface area contributed by atoms with Crippen LogP contribution in [0, 0.1) is 0 Å². The van der Waals surface area contributed by atoms with Crippen molar-refractivity contribution < 1.29 is 19.1 Å². The van der Waals surface area contributed by atoms with E-state index in [9.17, 15) is 14.4 Å². The Morgan fingerprint density at radius 2 is 1.90 bits per heavy atom. The number of imide groups is 1. The van der Waals surface area contributed by atoms with E-state index < -0.39 is 17.9 Å². The van der Waals surface area contributed by atoms with E-state index >= 15 is 0 Å². The zero-order valence-electron chi connectivity index (χ0n) is 16.5. The van der Waals surface area contributed by atoms with Crippen LogP contribution in [0.15, 0.2) is 35.5 Å². The maximum Gasteiger partial charge on any atom is 0.321 e. The number of aromatic nitrogens is 3. The van der Waals surface area contributed by atoms with Gasteiger partial charge in [0, 0.05) is 6.54 Å². The molecule has 0 saturated carbocycles. The summed E-state index contributed by atoms with van der Waals surface area (Å²) in [7, 11) is 0. The van der Waals surface area contributed by atoms with Gasteiger partial charge in [-0.25, -0.2) is 4.79 Å². The predicted molar refractivity (Wildman–Crippen MR) is 108 cm³/mol. The maximum absolute atomic E-state index is 12.0. The second-order valence-electron chi connectivity index (χ2n) is 6.05. The van der Waals surface area contributed by atoms with Gasteiger partial charge in [-0.15, -0.1) is 10.2 Å². The molecule has 0 unspecified atom stereocenters. The molecular formula is C19H25N5O4S. The van der Waals surface area contributed by atoms with Gasteiger partial charge in [-0.2, -0.15) is 0 Å². The van der Waals surface area contributed by atoms with Gasteiger partial charge in [0.1, 0.15) is 12.2 Å². The normalized spacial score (nSPS) is 10.4. The van der Waals surface area contributed by atoms with Gasteiger partial charge in [0.05, 0.1) is 18.9 Å². The summed E-state index contributed by atoms with van der Waals surface area (Å²) in [6, 6.07) is 9.13. The molecular weight excluding hydrogens is 394 g/mol. The van der Waals surface area contributed by atoms with Crippen molar-refractivity contribution in [3.8, 4) is 0 Å². The molecule has 0 saturated heterocycles. The summed E-state index contributed by atoms with van der Waals surface area (Å²) < 4.78 is 6.78. The highest BCUT2D eigenvalue weighted by Crippen LogP contribution is 2.19. The molecule has 0 bridgehead atoms. The van der Waals surface area contributed by atoms with Gasteiger partial charge in [0.2, 0.25) is 5.91 Å². The molecule has 0 aliphatic carbocycles. The molecule has 29 heavy (non-hydrogen) atoms. The van der Waals surface area contributed by atoms with Crippen molar-refractivity contribution in [3.63, 3.8) is 0 Å². The van der Waals surface area contributed by atoms with Gasteiger partial charge in [0.25, 0.3) is 0 Å². The van der Waals surface area contributed by atoms with Crippen LogP contribution in [-0.4, -0.2) is 51.6 Å². The minimum Gasteiger partial charge on any atom is -0.466 e. The van der Waals surface area contributed by atoms with Crippen molar-refractivity contribution in [2.45, 2.75) is 38.4 Å². The lowest BCUT2D eigenvalue weighted by Gasteiger charge is -2.10. The monoisotopic (exact) mass is 419 g/mol. The minimum atomic E-state index is -0.522. The van der Waals surface area contributed by atoms with Crippen LogP contribution in [0.25, 0.3) is 0 Å². The third-order valence-corrected chi connectivity index (χ3v) is 4.67. The predicted octanol–water partition coefficient (Wildman–Crippen LogP) is 1.76. The van der Waals surface area contributed by atoms with Crippen LogP contribution >= 0.6 is 11.8 Å². The first-order chi connectivity index (χ1) is 14.0. The highest BCUT2D eigenvalue weighted by Gasteiger charge is 2.18. The van der Waals surface area contributed by atoms with E-state index in [-0.39, 0.29) is 18.8 Å². The third kappa shape index (κ3) is 7.57. The smallest absolute Gasteiger partial charge is 0.321 e. The second-order valence-corrected chi connectivity index (χ2v) is 6.99. The first kappa shape index (κ1) is 22.4. The Morgan fingerprint density at radius 3 is 2.59 bits per heavy atom. The molecule has 1 heterocycles. The Kier molecular flexibility index (Phi) is 9.16. The number of nitrogens with one attached hydrogen (secondary N) is 2. The summed E-state index contributed by atoms with van der Waals surface area (Å²) in [6.45, 7) is 4.89. The van der Waals surface area contributed by atoms with E-state index in [1.807, 2.05) is 37.3 Å². The molecule has 1 aromatic heterocycles. The zero-order chi connectivity index (χ0) is 21.1. The van der Waals surface area contributed by atoms with Gasteiger partial charge in [-0.1, -0.05) is 49.0 Å². The molecule has 2 rings (SSSR count). The Balaban J connectivity index is 2.07. The fourth-order valence-electron chi connectivity index (χ4n) is 2.40. The second kappa shape index (κ2) is 11.8. The fraction of sp³-hybridized carbons (Fsp3) is 0.421. The Hall–Kier alpha value is -2.88. The fourth-order valence-corrected chi connectivity index (χ4v) is 3.15. The van der Waals surface area contributed by atoms with Gasteiger partial charge in [0.15, 0.2) is 5.16 Å². The number of hydrogen-bond acceptors (Lipinski definition) is 7. The average Bonchev–Trinajstić information content (AvgIpc) is 3.07. The van der Waals surface area contributed by atoms with Crippen LogP contribution in [0.3, 0.4) is 0 Å². The van der Waals surface area contributed by atoms with Crippen molar-refractivity contribution in [2.24, 2.45) is 0 Å². The third-order valence-electron chi connectivity index (χ3n) is 3.71.